The molecule has 38 heavy (non-hydrogen) atoms. The number of fused-ring (bicyclic) bond motifs is 1. The van der Waals surface area contributed by atoms with E-state index >= 15 is 0 Å². The van der Waals surface area contributed by atoms with Gasteiger partial charge in [-0.15, -0.1) is 11.3 Å². The molecule has 6 rings (SSSR count). The number of nitrogens with one attached hydrogen (secondary N) is 1. The standard InChI is InChI=1S/C29H31FN6OS.H2/c1-18-16-22(10-11-23(18)30)27-33-28(21-6-4-3-5-7-21)36(34-27)17-25(20-8-9-20)35-14-12-24-26(13-15-35)38-29(32-24)31-19(2)37;/h3-7,10-11,16,19,37H,8-9,12-15,17H2,1-2H3,(H,31,32);1H. The molecule has 0 amide bonds. The highest BCUT2D eigenvalue weighted by atomic mass is 32.1. The maximum Gasteiger partial charge on any atom is 0.185 e. The summed E-state index contributed by atoms with van der Waals surface area (Å²) in [5.74, 6) is 1.19. The SMILES string of the molecule is Cc1cc(-c2nc(-c3ccccc3)n(CC(=C3CC3)N3CCc4nc(NC(C)O)sc4CC3)n2)ccc1F.[HH]. The second kappa shape index (κ2) is 10.3. The van der Waals surface area contributed by atoms with Gasteiger partial charge in [-0.1, -0.05) is 30.3 Å². The van der Waals surface area contributed by atoms with Gasteiger partial charge in [-0.25, -0.2) is 19.0 Å². The lowest BCUT2D eigenvalue weighted by molar-refractivity contribution is 0.224. The topological polar surface area (TPSA) is 79.1 Å². The van der Waals surface area contributed by atoms with Crippen molar-refractivity contribution in [3.05, 3.63) is 81.8 Å². The largest absolute Gasteiger partial charge is 0.374 e. The van der Waals surface area contributed by atoms with Crippen LogP contribution in [0.1, 0.15) is 37.3 Å². The average Bonchev–Trinajstić information content (AvgIpc) is 3.60. The molecule has 0 saturated heterocycles. The summed E-state index contributed by atoms with van der Waals surface area (Å²) in [5, 5.41) is 18.4. The number of aromatic nitrogens is 4. The lowest BCUT2D eigenvalue weighted by Gasteiger charge is -2.26. The molecule has 0 bridgehead atoms. The Morgan fingerprint density at radius 3 is 2.61 bits per heavy atom. The molecule has 0 spiro atoms. The Balaban J connectivity index is 0.00000308. The molecule has 1 fully saturated rings. The van der Waals surface area contributed by atoms with Gasteiger partial charge < -0.3 is 15.3 Å². The number of allylic oxidation sites excluding steroid dienone is 2. The number of rotatable bonds is 7. The molecule has 3 heterocycles. The molecule has 2 aromatic carbocycles. The molecule has 0 radical (unpaired) electrons. The van der Waals surface area contributed by atoms with Crippen molar-refractivity contribution in [2.45, 2.75) is 52.3 Å². The van der Waals surface area contributed by atoms with E-state index < -0.39 is 6.23 Å². The van der Waals surface area contributed by atoms with E-state index in [1.165, 1.54) is 22.2 Å². The molecular formula is C29H33FN6OS. The molecular weight excluding hydrogens is 499 g/mol. The Morgan fingerprint density at radius 2 is 1.87 bits per heavy atom. The number of thiazole rings is 1. The smallest absolute Gasteiger partial charge is 0.185 e. The van der Waals surface area contributed by atoms with Gasteiger partial charge in [0.15, 0.2) is 16.8 Å². The van der Waals surface area contributed by atoms with Crippen LogP contribution in [0.4, 0.5) is 9.52 Å². The fraction of sp³-hybridized carbons (Fsp3) is 0.345. The van der Waals surface area contributed by atoms with Crippen LogP contribution in [0.25, 0.3) is 22.8 Å². The highest BCUT2D eigenvalue weighted by Crippen LogP contribution is 2.36. The summed E-state index contributed by atoms with van der Waals surface area (Å²) in [6, 6.07) is 15.2. The molecule has 2 N–H and O–H groups in total. The molecule has 2 aliphatic rings. The van der Waals surface area contributed by atoms with Crippen molar-refractivity contribution in [3.8, 4) is 22.8 Å². The Kier molecular flexibility index (Phi) is 6.71. The average molecular weight is 533 g/mol. The zero-order valence-corrected chi connectivity index (χ0v) is 22.4. The minimum Gasteiger partial charge on any atom is -0.374 e. The molecule has 1 unspecified atom stereocenters. The van der Waals surface area contributed by atoms with Crippen LogP contribution >= 0.6 is 11.3 Å². The number of aliphatic hydroxyl groups is 1. The lowest BCUT2D eigenvalue weighted by atomic mass is 10.1. The summed E-state index contributed by atoms with van der Waals surface area (Å²) < 4.78 is 16.0. The van der Waals surface area contributed by atoms with Gasteiger partial charge in [0.1, 0.15) is 12.0 Å². The second-order valence-electron chi connectivity index (χ2n) is 9.99. The van der Waals surface area contributed by atoms with Crippen molar-refractivity contribution in [1.29, 1.82) is 0 Å². The van der Waals surface area contributed by atoms with Crippen molar-refractivity contribution in [1.82, 2.24) is 24.6 Å². The van der Waals surface area contributed by atoms with E-state index in [4.69, 9.17) is 15.1 Å². The fourth-order valence-electron chi connectivity index (χ4n) is 4.96. The van der Waals surface area contributed by atoms with Crippen molar-refractivity contribution in [2.24, 2.45) is 0 Å². The van der Waals surface area contributed by atoms with E-state index in [0.717, 1.165) is 66.5 Å². The van der Waals surface area contributed by atoms with Gasteiger partial charge >= 0.3 is 0 Å². The van der Waals surface area contributed by atoms with Crippen molar-refractivity contribution in [3.63, 3.8) is 0 Å². The van der Waals surface area contributed by atoms with Crippen LogP contribution in [0.3, 0.4) is 0 Å². The summed E-state index contributed by atoms with van der Waals surface area (Å²) in [4.78, 5) is 13.5. The third-order valence-corrected chi connectivity index (χ3v) is 8.14. The van der Waals surface area contributed by atoms with Crippen molar-refractivity contribution < 1.29 is 10.9 Å². The number of anilines is 1. The van der Waals surface area contributed by atoms with Gasteiger partial charge in [0.25, 0.3) is 0 Å². The Morgan fingerprint density at radius 1 is 1.08 bits per heavy atom. The number of hydrogen-bond donors (Lipinski definition) is 2. The van der Waals surface area contributed by atoms with E-state index in [2.05, 4.69) is 22.3 Å². The van der Waals surface area contributed by atoms with Crippen LogP contribution in [-0.4, -0.2) is 49.1 Å². The first kappa shape index (κ1) is 24.8. The van der Waals surface area contributed by atoms with E-state index in [1.807, 2.05) is 28.9 Å². The van der Waals surface area contributed by atoms with Gasteiger partial charge in [0.05, 0.1) is 12.2 Å². The Hall–Kier alpha value is -3.56. The van der Waals surface area contributed by atoms with Gasteiger partial charge in [-0.05, 0) is 56.0 Å². The minimum atomic E-state index is -0.613. The zero-order chi connectivity index (χ0) is 26.2. The molecule has 1 saturated carbocycles. The monoisotopic (exact) mass is 532 g/mol. The number of aryl methyl sites for hydroxylation is 1. The van der Waals surface area contributed by atoms with E-state index in [1.54, 1.807) is 31.3 Å². The first-order valence-electron chi connectivity index (χ1n) is 13.1. The maximum atomic E-state index is 13.9. The number of hydrogen-bond acceptors (Lipinski definition) is 7. The molecule has 4 aromatic rings. The quantitative estimate of drug-likeness (QED) is 0.299. The predicted molar refractivity (Wildman–Crippen MR) is 150 cm³/mol. The summed E-state index contributed by atoms with van der Waals surface area (Å²) in [5.41, 5.74) is 6.33. The fourth-order valence-corrected chi connectivity index (χ4v) is 6.04. The van der Waals surface area contributed by atoms with Gasteiger partial charge in [-0.2, -0.15) is 5.10 Å². The van der Waals surface area contributed by atoms with E-state index in [9.17, 15) is 9.50 Å². The predicted octanol–water partition coefficient (Wildman–Crippen LogP) is 5.66. The lowest BCUT2D eigenvalue weighted by Crippen LogP contribution is -2.29. The van der Waals surface area contributed by atoms with Crippen LogP contribution in [0.5, 0.6) is 0 Å². The van der Waals surface area contributed by atoms with Crippen molar-refractivity contribution in [2.75, 3.05) is 18.4 Å². The van der Waals surface area contributed by atoms with Gasteiger partial charge in [-0.3, -0.25) is 0 Å². The van der Waals surface area contributed by atoms with E-state index in [-0.39, 0.29) is 7.24 Å². The van der Waals surface area contributed by atoms with Crippen LogP contribution in [0, 0.1) is 12.7 Å². The third-order valence-electron chi connectivity index (χ3n) is 7.05. The summed E-state index contributed by atoms with van der Waals surface area (Å²) >= 11 is 1.64. The summed E-state index contributed by atoms with van der Waals surface area (Å²) in [6.45, 7) is 5.92. The maximum absolute atomic E-state index is 13.9. The van der Waals surface area contributed by atoms with Crippen molar-refractivity contribution >= 4 is 16.5 Å². The highest BCUT2D eigenvalue weighted by molar-refractivity contribution is 7.15. The third kappa shape index (κ3) is 5.21. The molecule has 198 valence electrons. The number of aliphatic hydroxyl groups excluding tert-OH is 1. The van der Waals surface area contributed by atoms with Gasteiger partial charge in [0.2, 0.25) is 0 Å². The summed E-state index contributed by atoms with van der Waals surface area (Å²) in [7, 11) is 0. The molecule has 1 atom stereocenters. The minimum absolute atomic E-state index is 0. The van der Waals surface area contributed by atoms with Crippen LogP contribution in [-0.2, 0) is 19.4 Å². The van der Waals surface area contributed by atoms with E-state index in [0.29, 0.717) is 17.9 Å². The van der Waals surface area contributed by atoms with Crippen LogP contribution in [0.2, 0.25) is 0 Å². The molecule has 7 nitrogen and oxygen atoms in total. The normalized spacial score (nSPS) is 15.7. The van der Waals surface area contributed by atoms with Crippen LogP contribution in [0.15, 0.2) is 59.8 Å². The molecule has 1 aliphatic heterocycles. The molecule has 1 aliphatic carbocycles. The number of benzene rings is 2. The molecule has 2 aromatic heterocycles. The molecule has 9 heteroatoms. The first-order valence-corrected chi connectivity index (χ1v) is 13.9. The van der Waals surface area contributed by atoms with Gasteiger partial charge in [0, 0.05) is 49.1 Å². The number of nitrogens with zero attached hydrogens (tertiary/aromatic N) is 5. The Bertz CT molecular complexity index is 1470. The Labute approximate surface area is 227 Å². The summed E-state index contributed by atoms with van der Waals surface area (Å²) in [6.07, 6.45) is 3.42. The van der Waals surface area contributed by atoms with Crippen LogP contribution < -0.4 is 5.32 Å². The zero-order valence-electron chi connectivity index (χ0n) is 21.6. The first-order chi connectivity index (χ1) is 18.4. The number of halogens is 1. The highest BCUT2D eigenvalue weighted by Gasteiger charge is 2.27. The second-order valence-corrected chi connectivity index (χ2v) is 11.1.